The monoisotopic (exact) mass is 310 g/mol. The highest BCUT2D eigenvalue weighted by molar-refractivity contribution is 5.55. The molecule has 0 saturated heterocycles. The summed E-state index contributed by atoms with van der Waals surface area (Å²) in [7, 11) is 0. The maximum Gasteiger partial charge on any atom is 0.253 e. The van der Waals surface area contributed by atoms with Crippen molar-refractivity contribution in [3.63, 3.8) is 0 Å². The standard InChI is InChI=1S/C17H18N4O2/c1-17(2,3)13-6-4-12(5-7-13)16-19-14(23-20-16)10-21-11-18-9-8-15(21)22/h4-9,11H,10H2,1-3H3. The molecule has 3 aromatic rings. The third-order valence-corrected chi connectivity index (χ3v) is 3.58. The van der Waals surface area contributed by atoms with E-state index < -0.39 is 0 Å². The lowest BCUT2D eigenvalue weighted by atomic mass is 9.87. The molecule has 0 aliphatic carbocycles. The molecule has 0 fully saturated rings. The summed E-state index contributed by atoms with van der Waals surface area (Å²) in [6, 6.07) is 9.48. The molecule has 1 aromatic carbocycles. The summed E-state index contributed by atoms with van der Waals surface area (Å²) < 4.78 is 6.64. The Hall–Kier alpha value is -2.76. The number of benzene rings is 1. The molecule has 0 radical (unpaired) electrons. The van der Waals surface area contributed by atoms with Crippen LogP contribution in [0.5, 0.6) is 0 Å². The molecule has 6 nitrogen and oxygen atoms in total. The summed E-state index contributed by atoms with van der Waals surface area (Å²) >= 11 is 0. The molecule has 2 heterocycles. The fraction of sp³-hybridized carbons (Fsp3) is 0.294. The highest BCUT2D eigenvalue weighted by Crippen LogP contribution is 2.24. The van der Waals surface area contributed by atoms with Gasteiger partial charge >= 0.3 is 0 Å². The lowest BCUT2D eigenvalue weighted by Crippen LogP contribution is -2.19. The molecular formula is C17H18N4O2. The first-order valence-corrected chi connectivity index (χ1v) is 7.37. The average Bonchev–Trinajstić information content (AvgIpc) is 2.97. The van der Waals surface area contributed by atoms with Crippen molar-refractivity contribution in [1.29, 1.82) is 0 Å². The van der Waals surface area contributed by atoms with Crippen molar-refractivity contribution in [3.8, 4) is 11.4 Å². The van der Waals surface area contributed by atoms with Crippen LogP contribution in [0.2, 0.25) is 0 Å². The predicted molar refractivity (Wildman–Crippen MR) is 86.0 cm³/mol. The number of hydrogen-bond donors (Lipinski definition) is 0. The molecule has 0 aliphatic heterocycles. The summed E-state index contributed by atoms with van der Waals surface area (Å²) in [5.41, 5.74) is 2.07. The maximum atomic E-state index is 11.7. The Morgan fingerprint density at radius 3 is 2.52 bits per heavy atom. The SMILES string of the molecule is CC(C)(C)c1ccc(-c2noc(Cn3cnccc3=O)n2)cc1. The fourth-order valence-electron chi connectivity index (χ4n) is 2.20. The minimum atomic E-state index is -0.158. The van der Waals surface area contributed by atoms with E-state index in [1.165, 1.54) is 28.7 Å². The highest BCUT2D eigenvalue weighted by Gasteiger charge is 2.14. The van der Waals surface area contributed by atoms with E-state index in [1.807, 2.05) is 12.1 Å². The first-order valence-electron chi connectivity index (χ1n) is 7.37. The molecule has 0 spiro atoms. The summed E-state index contributed by atoms with van der Waals surface area (Å²) in [6.45, 7) is 6.71. The third kappa shape index (κ3) is 3.36. The van der Waals surface area contributed by atoms with Crippen LogP contribution in [-0.4, -0.2) is 19.7 Å². The van der Waals surface area contributed by atoms with Crippen LogP contribution in [-0.2, 0) is 12.0 Å². The molecule has 0 amide bonds. The van der Waals surface area contributed by atoms with E-state index in [1.54, 1.807) is 0 Å². The Morgan fingerprint density at radius 2 is 1.87 bits per heavy atom. The van der Waals surface area contributed by atoms with Crippen LogP contribution in [0.3, 0.4) is 0 Å². The lowest BCUT2D eigenvalue weighted by Gasteiger charge is -2.18. The Balaban J connectivity index is 1.82. The van der Waals surface area contributed by atoms with Gasteiger partial charge < -0.3 is 4.52 Å². The summed E-state index contributed by atoms with van der Waals surface area (Å²) in [4.78, 5) is 19.9. The number of hydrogen-bond acceptors (Lipinski definition) is 5. The maximum absolute atomic E-state index is 11.7. The molecular weight excluding hydrogens is 292 g/mol. The Labute approximate surface area is 133 Å². The first kappa shape index (κ1) is 15.1. The zero-order chi connectivity index (χ0) is 16.4. The molecule has 0 unspecified atom stereocenters. The zero-order valence-electron chi connectivity index (χ0n) is 13.4. The molecule has 23 heavy (non-hydrogen) atoms. The van der Waals surface area contributed by atoms with Gasteiger partial charge in [0.15, 0.2) is 0 Å². The van der Waals surface area contributed by atoms with Crippen LogP contribution in [0.15, 0.2) is 52.2 Å². The van der Waals surface area contributed by atoms with Gasteiger partial charge in [0.25, 0.3) is 5.56 Å². The molecule has 3 rings (SSSR count). The molecule has 0 N–H and O–H groups in total. The predicted octanol–water partition coefficient (Wildman–Crippen LogP) is 2.64. The van der Waals surface area contributed by atoms with E-state index in [-0.39, 0.29) is 17.5 Å². The summed E-state index contributed by atoms with van der Waals surface area (Å²) in [6.07, 6.45) is 2.90. The zero-order valence-corrected chi connectivity index (χ0v) is 13.4. The first-order chi connectivity index (χ1) is 10.9. The Bertz CT molecular complexity index is 857. The van der Waals surface area contributed by atoms with Crippen LogP contribution < -0.4 is 5.56 Å². The molecule has 0 atom stereocenters. The highest BCUT2D eigenvalue weighted by atomic mass is 16.5. The smallest absolute Gasteiger partial charge is 0.253 e. The van der Waals surface area contributed by atoms with Crippen molar-refractivity contribution in [3.05, 3.63) is 64.7 Å². The van der Waals surface area contributed by atoms with E-state index in [0.29, 0.717) is 11.7 Å². The van der Waals surface area contributed by atoms with Crippen molar-refractivity contribution in [2.24, 2.45) is 0 Å². The van der Waals surface area contributed by atoms with Crippen molar-refractivity contribution < 1.29 is 4.52 Å². The second-order valence-corrected chi connectivity index (χ2v) is 6.39. The van der Waals surface area contributed by atoms with Crippen LogP contribution in [0.25, 0.3) is 11.4 Å². The van der Waals surface area contributed by atoms with E-state index in [4.69, 9.17) is 4.52 Å². The van der Waals surface area contributed by atoms with Gasteiger partial charge in [-0.2, -0.15) is 4.98 Å². The van der Waals surface area contributed by atoms with Crippen molar-refractivity contribution in [1.82, 2.24) is 19.7 Å². The molecule has 2 aromatic heterocycles. The van der Waals surface area contributed by atoms with Gasteiger partial charge in [0, 0.05) is 17.8 Å². The topological polar surface area (TPSA) is 73.8 Å². The molecule has 6 heteroatoms. The minimum absolute atomic E-state index is 0.0996. The van der Waals surface area contributed by atoms with Crippen molar-refractivity contribution in [2.75, 3.05) is 0 Å². The molecule has 118 valence electrons. The van der Waals surface area contributed by atoms with Gasteiger partial charge in [-0.05, 0) is 11.0 Å². The van der Waals surface area contributed by atoms with Gasteiger partial charge in [-0.3, -0.25) is 9.36 Å². The number of rotatable bonds is 3. The van der Waals surface area contributed by atoms with E-state index in [0.717, 1.165) is 5.56 Å². The quantitative estimate of drug-likeness (QED) is 0.743. The largest absolute Gasteiger partial charge is 0.337 e. The normalized spacial score (nSPS) is 11.6. The van der Waals surface area contributed by atoms with Crippen LogP contribution in [0.4, 0.5) is 0 Å². The lowest BCUT2D eigenvalue weighted by molar-refractivity contribution is 0.369. The minimum Gasteiger partial charge on any atom is -0.337 e. The second kappa shape index (κ2) is 5.79. The third-order valence-electron chi connectivity index (χ3n) is 3.58. The van der Waals surface area contributed by atoms with Crippen LogP contribution in [0.1, 0.15) is 32.2 Å². The molecule has 0 bridgehead atoms. The van der Waals surface area contributed by atoms with E-state index in [9.17, 15) is 4.79 Å². The number of nitrogens with zero attached hydrogens (tertiary/aromatic N) is 4. The van der Waals surface area contributed by atoms with Crippen LogP contribution in [0, 0.1) is 0 Å². The number of aromatic nitrogens is 4. The fourth-order valence-corrected chi connectivity index (χ4v) is 2.20. The van der Waals surface area contributed by atoms with Gasteiger partial charge in [0.1, 0.15) is 6.54 Å². The van der Waals surface area contributed by atoms with Gasteiger partial charge in [-0.1, -0.05) is 50.2 Å². The van der Waals surface area contributed by atoms with Gasteiger partial charge in [-0.25, -0.2) is 4.98 Å². The Morgan fingerprint density at radius 1 is 1.13 bits per heavy atom. The summed E-state index contributed by atoms with van der Waals surface area (Å²) in [5, 5.41) is 3.98. The van der Waals surface area contributed by atoms with Gasteiger partial charge in [-0.15, -0.1) is 0 Å². The van der Waals surface area contributed by atoms with Gasteiger partial charge in [0.05, 0.1) is 6.33 Å². The van der Waals surface area contributed by atoms with Crippen LogP contribution >= 0.6 is 0 Å². The Kier molecular flexibility index (Phi) is 3.82. The van der Waals surface area contributed by atoms with E-state index >= 15 is 0 Å². The molecule has 0 saturated carbocycles. The van der Waals surface area contributed by atoms with Crippen molar-refractivity contribution >= 4 is 0 Å². The van der Waals surface area contributed by atoms with Gasteiger partial charge in [0.2, 0.25) is 11.7 Å². The average molecular weight is 310 g/mol. The van der Waals surface area contributed by atoms with E-state index in [2.05, 4.69) is 48.0 Å². The second-order valence-electron chi connectivity index (χ2n) is 6.39. The van der Waals surface area contributed by atoms with Crippen molar-refractivity contribution in [2.45, 2.75) is 32.7 Å². The molecule has 0 aliphatic rings. The summed E-state index contributed by atoms with van der Waals surface area (Å²) in [5.74, 6) is 0.882.